The second-order valence-electron chi connectivity index (χ2n) is 3.90. The lowest BCUT2D eigenvalue weighted by atomic mass is 10.1. The molecule has 0 amide bonds. The van der Waals surface area contributed by atoms with E-state index in [4.69, 9.17) is 5.11 Å². The molecule has 4 heteroatoms. The molecule has 4 nitrogen and oxygen atoms in total. The molecule has 1 aromatic heterocycles. The molecular formula is C11H16N2O2. The predicted octanol–water partition coefficient (Wildman–Crippen LogP) is 1.93. The fraction of sp³-hybridized carbons (Fsp3) is 0.545. The van der Waals surface area contributed by atoms with Gasteiger partial charge in [-0.2, -0.15) is 0 Å². The lowest BCUT2D eigenvalue weighted by Gasteiger charge is -2.07. The molecule has 0 bridgehead atoms. The van der Waals surface area contributed by atoms with Gasteiger partial charge in [0.15, 0.2) is 0 Å². The third-order valence-electron chi connectivity index (χ3n) is 2.07. The molecule has 1 aromatic rings. The maximum atomic E-state index is 10.4. The number of carboxylic acid groups (broad SMARTS) is 1. The van der Waals surface area contributed by atoms with E-state index in [0.717, 1.165) is 11.4 Å². The second kappa shape index (κ2) is 4.87. The zero-order valence-corrected chi connectivity index (χ0v) is 9.32. The Morgan fingerprint density at radius 1 is 1.47 bits per heavy atom. The number of carbonyl (C=O) groups is 1. The first-order chi connectivity index (χ1) is 6.99. The first-order valence-electron chi connectivity index (χ1n) is 5.05. The van der Waals surface area contributed by atoms with Gasteiger partial charge in [-0.1, -0.05) is 13.8 Å². The van der Waals surface area contributed by atoms with E-state index in [9.17, 15) is 4.79 Å². The third kappa shape index (κ3) is 3.65. The average molecular weight is 208 g/mol. The average Bonchev–Trinajstić information content (AvgIpc) is 2.13. The summed E-state index contributed by atoms with van der Waals surface area (Å²) in [5, 5.41) is 8.57. The van der Waals surface area contributed by atoms with Crippen LogP contribution in [0.1, 0.15) is 43.4 Å². The SMILES string of the molecule is Cc1cc(C(C)C)nc(CCC(=O)O)n1. The van der Waals surface area contributed by atoms with Crippen molar-refractivity contribution in [1.29, 1.82) is 0 Å². The Labute approximate surface area is 89.4 Å². The molecule has 1 heterocycles. The number of hydrogen-bond acceptors (Lipinski definition) is 3. The van der Waals surface area contributed by atoms with Crippen LogP contribution in [0.15, 0.2) is 6.07 Å². The zero-order valence-electron chi connectivity index (χ0n) is 9.32. The number of aliphatic carboxylic acids is 1. The van der Waals surface area contributed by atoms with Crippen LogP contribution in [0.2, 0.25) is 0 Å². The minimum Gasteiger partial charge on any atom is -0.481 e. The normalized spacial score (nSPS) is 10.7. The Bertz CT molecular complexity index is 362. The Kier molecular flexibility index (Phi) is 3.77. The number of nitrogens with zero attached hydrogens (tertiary/aromatic N) is 2. The molecule has 0 aliphatic carbocycles. The van der Waals surface area contributed by atoms with E-state index >= 15 is 0 Å². The highest BCUT2D eigenvalue weighted by molar-refractivity contribution is 5.66. The van der Waals surface area contributed by atoms with Crippen LogP contribution in [0, 0.1) is 6.92 Å². The van der Waals surface area contributed by atoms with Crippen molar-refractivity contribution in [3.05, 3.63) is 23.3 Å². The summed E-state index contributed by atoms with van der Waals surface area (Å²) in [6.07, 6.45) is 0.484. The Morgan fingerprint density at radius 2 is 2.13 bits per heavy atom. The minimum absolute atomic E-state index is 0.0843. The van der Waals surface area contributed by atoms with Gasteiger partial charge in [-0.3, -0.25) is 4.79 Å². The fourth-order valence-electron chi connectivity index (χ4n) is 1.28. The fourth-order valence-corrected chi connectivity index (χ4v) is 1.28. The molecule has 0 aromatic carbocycles. The van der Waals surface area contributed by atoms with Crippen molar-refractivity contribution in [3.8, 4) is 0 Å². The standard InChI is InChI=1S/C11H16N2O2/c1-7(2)9-6-8(3)12-10(13-9)4-5-11(14)15/h6-7H,4-5H2,1-3H3,(H,14,15). The van der Waals surface area contributed by atoms with Gasteiger partial charge in [-0.25, -0.2) is 9.97 Å². The van der Waals surface area contributed by atoms with E-state index in [2.05, 4.69) is 23.8 Å². The molecule has 0 aliphatic heterocycles. The van der Waals surface area contributed by atoms with Gasteiger partial charge in [0.1, 0.15) is 5.82 Å². The lowest BCUT2D eigenvalue weighted by Crippen LogP contribution is -2.05. The second-order valence-corrected chi connectivity index (χ2v) is 3.90. The molecule has 0 saturated heterocycles. The minimum atomic E-state index is -0.814. The lowest BCUT2D eigenvalue weighted by molar-refractivity contribution is -0.137. The maximum Gasteiger partial charge on any atom is 0.303 e. The topological polar surface area (TPSA) is 63.1 Å². The first kappa shape index (κ1) is 11.6. The molecule has 0 atom stereocenters. The van der Waals surface area contributed by atoms with E-state index < -0.39 is 5.97 Å². The number of aromatic nitrogens is 2. The van der Waals surface area contributed by atoms with Crippen molar-refractivity contribution in [3.63, 3.8) is 0 Å². The van der Waals surface area contributed by atoms with Gasteiger partial charge in [0, 0.05) is 17.8 Å². The van der Waals surface area contributed by atoms with Crippen molar-refractivity contribution < 1.29 is 9.90 Å². The Balaban J connectivity index is 2.84. The number of aryl methyl sites for hydroxylation is 2. The highest BCUT2D eigenvalue weighted by Crippen LogP contribution is 2.12. The molecule has 82 valence electrons. The highest BCUT2D eigenvalue weighted by atomic mass is 16.4. The van der Waals surface area contributed by atoms with E-state index in [1.54, 1.807) is 0 Å². The number of rotatable bonds is 4. The van der Waals surface area contributed by atoms with Crippen LogP contribution in [0.3, 0.4) is 0 Å². The summed E-state index contributed by atoms with van der Waals surface area (Å²) in [7, 11) is 0. The molecule has 0 radical (unpaired) electrons. The van der Waals surface area contributed by atoms with Crippen molar-refractivity contribution >= 4 is 5.97 Å². The van der Waals surface area contributed by atoms with Gasteiger partial charge in [0.2, 0.25) is 0 Å². The summed E-state index contributed by atoms with van der Waals surface area (Å²) < 4.78 is 0. The molecule has 0 fully saturated rings. The van der Waals surface area contributed by atoms with Gasteiger partial charge in [-0.15, -0.1) is 0 Å². The zero-order chi connectivity index (χ0) is 11.4. The van der Waals surface area contributed by atoms with Crippen LogP contribution in [0.5, 0.6) is 0 Å². The Hall–Kier alpha value is -1.45. The summed E-state index contributed by atoms with van der Waals surface area (Å²) >= 11 is 0. The van der Waals surface area contributed by atoms with Crippen molar-refractivity contribution in [2.24, 2.45) is 0 Å². The van der Waals surface area contributed by atoms with Crippen LogP contribution in [0.25, 0.3) is 0 Å². The quantitative estimate of drug-likeness (QED) is 0.821. The van der Waals surface area contributed by atoms with Gasteiger partial charge < -0.3 is 5.11 Å². The maximum absolute atomic E-state index is 10.4. The van der Waals surface area contributed by atoms with E-state index in [1.165, 1.54) is 0 Å². The van der Waals surface area contributed by atoms with E-state index in [0.29, 0.717) is 18.2 Å². The van der Waals surface area contributed by atoms with Crippen LogP contribution in [-0.2, 0) is 11.2 Å². The van der Waals surface area contributed by atoms with Crippen LogP contribution in [-0.4, -0.2) is 21.0 Å². The summed E-state index contributed by atoms with van der Waals surface area (Å²) in [5.41, 5.74) is 1.87. The molecule has 15 heavy (non-hydrogen) atoms. The van der Waals surface area contributed by atoms with Crippen molar-refractivity contribution in [2.75, 3.05) is 0 Å². The van der Waals surface area contributed by atoms with Gasteiger partial charge in [-0.05, 0) is 18.9 Å². The number of carboxylic acids is 1. The predicted molar refractivity (Wildman–Crippen MR) is 56.8 cm³/mol. The highest BCUT2D eigenvalue weighted by Gasteiger charge is 2.07. The van der Waals surface area contributed by atoms with Crippen LogP contribution >= 0.6 is 0 Å². The third-order valence-corrected chi connectivity index (χ3v) is 2.07. The molecule has 0 spiro atoms. The van der Waals surface area contributed by atoms with Gasteiger partial charge in [0.25, 0.3) is 0 Å². The first-order valence-corrected chi connectivity index (χ1v) is 5.05. The van der Waals surface area contributed by atoms with Gasteiger partial charge in [0.05, 0.1) is 6.42 Å². The molecule has 0 saturated carbocycles. The number of hydrogen-bond donors (Lipinski definition) is 1. The van der Waals surface area contributed by atoms with Crippen LogP contribution < -0.4 is 0 Å². The van der Waals surface area contributed by atoms with E-state index in [1.807, 2.05) is 13.0 Å². The summed E-state index contributed by atoms with van der Waals surface area (Å²) in [6.45, 7) is 6.02. The molecule has 1 rings (SSSR count). The summed E-state index contributed by atoms with van der Waals surface area (Å²) in [4.78, 5) is 19.0. The summed E-state index contributed by atoms with van der Waals surface area (Å²) in [5.74, 6) is 0.155. The van der Waals surface area contributed by atoms with Crippen molar-refractivity contribution in [2.45, 2.75) is 39.5 Å². The smallest absolute Gasteiger partial charge is 0.303 e. The van der Waals surface area contributed by atoms with Crippen molar-refractivity contribution in [1.82, 2.24) is 9.97 Å². The molecule has 0 unspecified atom stereocenters. The Morgan fingerprint density at radius 3 is 2.67 bits per heavy atom. The molecule has 1 N–H and O–H groups in total. The van der Waals surface area contributed by atoms with E-state index in [-0.39, 0.29) is 6.42 Å². The molecular weight excluding hydrogens is 192 g/mol. The summed E-state index contributed by atoms with van der Waals surface area (Å²) in [6, 6.07) is 1.94. The largest absolute Gasteiger partial charge is 0.481 e. The van der Waals surface area contributed by atoms with Gasteiger partial charge >= 0.3 is 5.97 Å². The molecule has 0 aliphatic rings. The van der Waals surface area contributed by atoms with Crippen LogP contribution in [0.4, 0.5) is 0 Å². The monoisotopic (exact) mass is 208 g/mol.